The van der Waals surface area contributed by atoms with E-state index in [0.717, 1.165) is 6.42 Å². The Labute approximate surface area is 164 Å². The fourth-order valence-corrected chi connectivity index (χ4v) is 3.00. The third-order valence-corrected chi connectivity index (χ3v) is 4.58. The molecule has 0 amide bonds. The Morgan fingerprint density at radius 1 is 1.07 bits per heavy atom. The number of nitrogens with zero attached hydrogens (tertiary/aromatic N) is 2. The van der Waals surface area contributed by atoms with Crippen LogP contribution >= 0.6 is 0 Å². The zero-order valence-corrected chi connectivity index (χ0v) is 16.5. The SMILES string of the molecule is CCc1ccc(C(NCc2nc(COc3ccc(F)cc3)no2)C(C)C)cc1. The molecule has 0 aliphatic heterocycles. The number of hydrogen-bond donors (Lipinski definition) is 1. The number of aromatic nitrogens is 2. The summed E-state index contributed by atoms with van der Waals surface area (Å²) in [7, 11) is 0. The molecule has 1 heterocycles. The summed E-state index contributed by atoms with van der Waals surface area (Å²) in [6, 6.07) is 14.7. The van der Waals surface area contributed by atoms with Crippen molar-refractivity contribution in [2.75, 3.05) is 0 Å². The third-order valence-electron chi connectivity index (χ3n) is 4.58. The lowest BCUT2D eigenvalue weighted by molar-refractivity contribution is 0.283. The Hall–Kier alpha value is -2.73. The molecule has 1 atom stereocenters. The average Bonchev–Trinajstić information content (AvgIpc) is 3.16. The van der Waals surface area contributed by atoms with E-state index in [1.165, 1.54) is 23.3 Å². The summed E-state index contributed by atoms with van der Waals surface area (Å²) in [5.74, 6) is 1.63. The molecule has 2 aromatic carbocycles. The Balaban J connectivity index is 1.56. The molecular formula is C22H26FN3O2. The van der Waals surface area contributed by atoms with Gasteiger partial charge in [0.25, 0.3) is 0 Å². The maximum Gasteiger partial charge on any atom is 0.240 e. The van der Waals surface area contributed by atoms with Crippen molar-refractivity contribution in [2.24, 2.45) is 5.92 Å². The van der Waals surface area contributed by atoms with Gasteiger partial charge in [-0.1, -0.05) is 50.2 Å². The molecule has 0 fully saturated rings. The van der Waals surface area contributed by atoms with Gasteiger partial charge in [0.15, 0.2) is 6.61 Å². The molecule has 0 spiro atoms. The number of benzene rings is 2. The van der Waals surface area contributed by atoms with Gasteiger partial charge >= 0.3 is 0 Å². The molecule has 0 aliphatic rings. The van der Waals surface area contributed by atoms with E-state index in [2.05, 4.69) is 60.5 Å². The van der Waals surface area contributed by atoms with Crippen LogP contribution in [0, 0.1) is 11.7 Å². The molecule has 28 heavy (non-hydrogen) atoms. The first-order valence-electron chi connectivity index (χ1n) is 9.57. The van der Waals surface area contributed by atoms with E-state index in [1.807, 2.05) is 0 Å². The Morgan fingerprint density at radius 2 is 1.79 bits per heavy atom. The summed E-state index contributed by atoms with van der Waals surface area (Å²) in [4.78, 5) is 4.36. The highest BCUT2D eigenvalue weighted by Gasteiger charge is 2.17. The summed E-state index contributed by atoms with van der Waals surface area (Å²) < 4.78 is 23.8. The van der Waals surface area contributed by atoms with Crippen LogP contribution in [0.2, 0.25) is 0 Å². The van der Waals surface area contributed by atoms with Gasteiger partial charge in [-0.3, -0.25) is 0 Å². The van der Waals surface area contributed by atoms with Gasteiger partial charge in [0.2, 0.25) is 11.7 Å². The second kappa shape index (κ2) is 9.46. The van der Waals surface area contributed by atoms with E-state index in [0.29, 0.717) is 29.9 Å². The zero-order chi connectivity index (χ0) is 19.9. The van der Waals surface area contributed by atoms with Crippen molar-refractivity contribution in [1.29, 1.82) is 0 Å². The second-order valence-corrected chi connectivity index (χ2v) is 7.04. The maximum absolute atomic E-state index is 12.9. The lowest BCUT2D eigenvalue weighted by Gasteiger charge is -2.22. The van der Waals surface area contributed by atoms with Crippen LogP contribution in [0.15, 0.2) is 53.1 Å². The van der Waals surface area contributed by atoms with Crippen LogP contribution in [0.1, 0.15) is 49.7 Å². The molecule has 0 radical (unpaired) electrons. The molecule has 148 valence electrons. The summed E-state index contributed by atoms with van der Waals surface area (Å²) in [5.41, 5.74) is 2.57. The minimum absolute atomic E-state index is 0.168. The molecule has 0 saturated carbocycles. The highest BCUT2D eigenvalue weighted by Crippen LogP contribution is 2.23. The molecule has 0 saturated heterocycles. The van der Waals surface area contributed by atoms with E-state index in [-0.39, 0.29) is 18.5 Å². The quantitative estimate of drug-likeness (QED) is 0.573. The smallest absolute Gasteiger partial charge is 0.240 e. The largest absolute Gasteiger partial charge is 0.485 e. The van der Waals surface area contributed by atoms with Crippen molar-refractivity contribution in [2.45, 2.75) is 46.4 Å². The van der Waals surface area contributed by atoms with Gasteiger partial charge in [-0.05, 0) is 47.7 Å². The molecule has 3 rings (SSSR count). The van der Waals surface area contributed by atoms with E-state index in [9.17, 15) is 4.39 Å². The molecule has 3 aromatic rings. The minimum atomic E-state index is -0.302. The number of nitrogens with one attached hydrogen (secondary N) is 1. The molecule has 5 nitrogen and oxygen atoms in total. The summed E-state index contributed by atoms with van der Waals surface area (Å²) in [6.07, 6.45) is 1.03. The molecular weight excluding hydrogens is 357 g/mol. The Bertz CT molecular complexity index is 860. The molecule has 1 aromatic heterocycles. The van der Waals surface area contributed by atoms with E-state index in [1.54, 1.807) is 12.1 Å². The van der Waals surface area contributed by atoms with Gasteiger partial charge in [-0.15, -0.1) is 0 Å². The highest BCUT2D eigenvalue weighted by molar-refractivity contribution is 5.25. The Kier molecular flexibility index (Phi) is 6.76. The minimum Gasteiger partial charge on any atom is -0.485 e. The number of hydrogen-bond acceptors (Lipinski definition) is 5. The predicted molar refractivity (Wildman–Crippen MR) is 105 cm³/mol. The van der Waals surface area contributed by atoms with E-state index < -0.39 is 0 Å². The van der Waals surface area contributed by atoms with Crippen LogP contribution in [-0.2, 0) is 19.6 Å². The first kappa shape index (κ1) is 20.0. The normalized spacial score (nSPS) is 12.3. The number of rotatable bonds is 9. The monoisotopic (exact) mass is 383 g/mol. The van der Waals surface area contributed by atoms with Gasteiger partial charge in [0.05, 0.1) is 6.54 Å². The van der Waals surface area contributed by atoms with Gasteiger partial charge in [-0.25, -0.2) is 4.39 Å². The van der Waals surface area contributed by atoms with E-state index >= 15 is 0 Å². The lowest BCUT2D eigenvalue weighted by Crippen LogP contribution is -2.25. The molecule has 0 bridgehead atoms. The Morgan fingerprint density at radius 3 is 2.43 bits per heavy atom. The number of halogens is 1. The van der Waals surface area contributed by atoms with Crippen LogP contribution in [-0.4, -0.2) is 10.1 Å². The standard InChI is InChI=1S/C22H26FN3O2/c1-4-16-5-7-17(8-6-16)22(15(2)3)24-13-21-25-20(26-28-21)14-27-19-11-9-18(23)10-12-19/h5-12,15,22,24H,4,13-14H2,1-3H3. The molecule has 6 heteroatoms. The fraction of sp³-hybridized carbons (Fsp3) is 0.364. The third kappa shape index (κ3) is 5.39. The van der Waals surface area contributed by atoms with Crippen LogP contribution in [0.5, 0.6) is 5.75 Å². The van der Waals surface area contributed by atoms with Crippen molar-refractivity contribution < 1.29 is 13.7 Å². The summed E-state index contributed by atoms with van der Waals surface area (Å²) in [5, 5.41) is 7.45. The van der Waals surface area contributed by atoms with E-state index in [4.69, 9.17) is 9.26 Å². The van der Waals surface area contributed by atoms with Crippen molar-refractivity contribution in [1.82, 2.24) is 15.5 Å². The first-order valence-corrected chi connectivity index (χ1v) is 9.57. The fourth-order valence-electron chi connectivity index (χ4n) is 3.00. The van der Waals surface area contributed by atoms with Crippen LogP contribution in [0.4, 0.5) is 4.39 Å². The second-order valence-electron chi connectivity index (χ2n) is 7.04. The molecule has 1 N–H and O–H groups in total. The zero-order valence-electron chi connectivity index (χ0n) is 16.5. The van der Waals surface area contributed by atoms with Crippen molar-refractivity contribution in [3.63, 3.8) is 0 Å². The molecule has 1 unspecified atom stereocenters. The van der Waals surface area contributed by atoms with Crippen molar-refractivity contribution in [3.05, 3.63) is 77.2 Å². The maximum atomic E-state index is 12.9. The van der Waals surface area contributed by atoms with Gasteiger partial charge in [0.1, 0.15) is 11.6 Å². The van der Waals surface area contributed by atoms with Crippen molar-refractivity contribution in [3.8, 4) is 5.75 Å². The molecule has 0 aliphatic carbocycles. The summed E-state index contributed by atoms with van der Waals surface area (Å²) in [6.45, 7) is 7.16. The highest BCUT2D eigenvalue weighted by atomic mass is 19.1. The summed E-state index contributed by atoms with van der Waals surface area (Å²) >= 11 is 0. The lowest BCUT2D eigenvalue weighted by atomic mass is 9.95. The number of aryl methyl sites for hydroxylation is 1. The predicted octanol–water partition coefficient (Wildman–Crippen LogP) is 4.84. The van der Waals surface area contributed by atoms with Crippen LogP contribution in [0.25, 0.3) is 0 Å². The van der Waals surface area contributed by atoms with Gasteiger partial charge in [0, 0.05) is 6.04 Å². The van der Waals surface area contributed by atoms with Crippen LogP contribution in [0.3, 0.4) is 0 Å². The van der Waals surface area contributed by atoms with Gasteiger partial charge in [-0.2, -0.15) is 4.98 Å². The van der Waals surface area contributed by atoms with Gasteiger partial charge < -0.3 is 14.6 Å². The topological polar surface area (TPSA) is 60.2 Å². The first-order chi connectivity index (χ1) is 13.5. The average molecular weight is 383 g/mol. The van der Waals surface area contributed by atoms with Crippen LogP contribution < -0.4 is 10.1 Å². The van der Waals surface area contributed by atoms with Crippen molar-refractivity contribution >= 4 is 0 Å². The number of ether oxygens (including phenoxy) is 1.